The minimum Gasteiger partial charge on any atom is -0.478 e. The van der Waals surface area contributed by atoms with Crippen molar-refractivity contribution in [3.05, 3.63) is 28.8 Å². The molecule has 0 spiro atoms. The maximum absolute atomic E-state index is 12.7. The number of benzene rings is 1. The molecule has 0 amide bonds. The first-order valence-electron chi connectivity index (χ1n) is 6.88. The molecule has 0 radical (unpaired) electrons. The number of hydrogen-bond acceptors (Lipinski definition) is 3. The molecule has 1 unspecified atom stereocenters. The molecule has 1 aromatic rings. The second-order valence-corrected chi connectivity index (χ2v) is 7.56. The fourth-order valence-corrected chi connectivity index (χ4v) is 4.49. The van der Waals surface area contributed by atoms with Crippen LogP contribution in [0.2, 0.25) is 5.02 Å². The van der Waals surface area contributed by atoms with Crippen LogP contribution < -0.4 is 0 Å². The Morgan fingerprint density at radius 1 is 1.33 bits per heavy atom. The van der Waals surface area contributed by atoms with Gasteiger partial charge in [0.1, 0.15) is 0 Å². The molecule has 1 saturated heterocycles. The second kappa shape index (κ2) is 6.34. The molecule has 116 valence electrons. The van der Waals surface area contributed by atoms with Crippen LogP contribution >= 0.6 is 11.6 Å². The Bertz CT molecular complexity index is 644. The number of halogens is 1. The molecule has 21 heavy (non-hydrogen) atoms. The highest BCUT2D eigenvalue weighted by atomic mass is 35.5. The van der Waals surface area contributed by atoms with Crippen molar-refractivity contribution in [2.75, 3.05) is 6.54 Å². The van der Waals surface area contributed by atoms with Crippen molar-refractivity contribution in [1.29, 1.82) is 0 Å². The molecular formula is C14H18ClNO4S. The zero-order valence-corrected chi connectivity index (χ0v) is 13.3. The number of carboxylic acids is 1. The number of sulfonamides is 1. The Morgan fingerprint density at radius 2 is 2.05 bits per heavy atom. The molecule has 1 aliphatic rings. The predicted octanol–water partition coefficient (Wildman–Crippen LogP) is 2.99. The fraction of sp³-hybridized carbons (Fsp3) is 0.500. The highest BCUT2D eigenvalue weighted by molar-refractivity contribution is 7.89. The van der Waals surface area contributed by atoms with Gasteiger partial charge in [0, 0.05) is 12.6 Å². The highest BCUT2D eigenvalue weighted by Gasteiger charge is 2.30. The average Bonchev–Trinajstić information content (AvgIpc) is 2.63. The molecule has 1 fully saturated rings. The summed E-state index contributed by atoms with van der Waals surface area (Å²) in [7, 11) is -3.70. The SMILES string of the molecule is CC1CCCCCN1S(=O)(=O)c1ccc(Cl)c(C(=O)O)c1. The van der Waals surface area contributed by atoms with E-state index < -0.39 is 16.0 Å². The van der Waals surface area contributed by atoms with Crippen molar-refractivity contribution in [1.82, 2.24) is 4.31 Å². The van der Waals surface area contributed by atoms with Crippen LogP contribution in [-0.2, 0) is 10.0 Å². The van der Waals surface area contributed by atoms with Gasteiger partial charge < -0.3 is 5.11 Å². The summed E-state index contributed by atoms with van der Waals surface area (Å²) in [5.41, 5.74) is -0.194. The summed E-state index contributed by atoms with van der Waals surface area (Å²) in [5.74, 6) is -1.24. The summed E-state index contributed by atoms with van der Waals surface area (Å²) in [6.45, 7) is 2.35. The molecule has 0 saturated carbocycles. The van der Waals surface area contributed by atoms with E-state index in [0.29, 0.717) is 6.54 Å². The van der Waals surface area contributed by atoms with E-state index in [0.717, 1.165) is 31.7 Å². The minimum absolute atomic E-state index is 0.0157. The van der Waals surface area contributed by atoms with Crippen LogP contribution in [0.3, 0.4) is 0 Å². The van der Waals surface area contributed by atoms with Crippen LogP contribution in [-0.4, -0.2) is 36.4 Å². The van der Waals surface area contributed by atoms with Gasteiger partial charge in [-0.3, -0.25) is 0 Å². The zero-order chi connectivity index (χ0) is 15.6. The molecule has 0 aliphatic carbocycles. The highest BCUT2D eigenvalue weighted by Crippen LogP contribution is 2.27. The van der Waals surface area contributed by atoms with Gasteiger partial charge in [-0.1, -0.05) is 24.4 Å². The van der Waals surface area contributed by atoms with Crippen LogP contribution in [0.4, 0.5) is 0 Å². The van der Waals surface area contributed by atoms with Crippen molar-refractivity contribution in [2.24, 2.45) is 0 Å². The van der Waals surface area contributed by atoms with Crippen molar-refractivity contribution in [3.8, 4) is 0 Å². The molecular weight excluding hydrogens is 314 g/mol. The Balaban J connectivity index is 2.43. The normalized spacial score (nSPS) is 21.0. The van der Waals surface area contributed by atoms with E-state index in [9.17, 15) is 13.2 Å². The average molecular weight is 332 g/mol. The molecule has 1 aliphatic heterocycles. The lowest BCUT2D eigenvalue weighted by atomic mass is 10.1. The molecule has 1 atom stereocenters. The number of hydrogen-bond donors (Lipinski definition) is 1. The number of carbonyl (C=O) groups is 1. The van der Waals surface area contributed by atoms with Gasteiger partial charge in [0.15, 0.2) is 0 Å². The van der Waals surface area contributed by atoms with Gasteiger partial charge >= 0.3 is 5.97 Å². The monoisotopic (exact) mass is 331 g/mol. The van der Waals surface area contributed by atoms with E-state index in [-0.39, 0.29) is 21.5 Å². The van der Waals surface area contributed by atoms with Crippen LogP contribution in [0.1, 0.15) is 43.0 Å². The maximum Gasteiger partial charge on any atom is 0.337 e. The molecule has 1 N–H and O–H groups in total. The summed E-state index contributed by atoms with van der Waals surface area (Å²) in [6.07, 6.45) is 3.66. The van der Waals surface area contributed by atoms with Gasteiger partial charge in [-0.2, -0.15) is 4.31 Å². The van der Waals surface area contributed by atoms with Gasteiger partial charge in [-0.15, -0.1) is 0 Å². The van der Waals surface area contributed by atoms with Crippen LogP contribution in [0.15, 0.2) is 23.1 Å². The van der Waals surface area contributed by atoms with E-state index in [1.807, 2.05) is 6.92 Å². The number of nitrogens with zero attached hydrogens (tertiary/aromatic N) is 1. The van der Waals surface area contributed by atoms with Crippen LogP contribution in [0, 0.1) is 0 Å². The second-order valence-electron chi connectivity index (χ2n) is 5.26. The Kier molecular flexibility index (Phi) is 4.91. The third-order valence-corrected chi connectivity index (χ3v) is 6.11. The number of rotatable bonds is 3. The zero-order valence-electron chi connectivity index (χ0n) is 11.8. The van der Waals surface area contributed by atoms with Crippen LogP contribution in [0.5, 0.6) is 0 Å². The third kappa shape index (κ3) is 3.39. The van der Waals surface area contributed by atoms with E-state index in [1.54, 1.807) is 0 Å². The van der Waals surface area contributed by atoms with Crippen molar-refractivity contribution in [2.45, 2.75) is 43.5 Å². The molecule has 0 aromatic heterocycles. The molecule has 1 heterocycles. The lowest BCUT2D eigenvalue weighted by molar-refractivity contribution is 0.0697. The van der Waals surface area contributed by atoms with E-state index in [2.05, 4.69) is 0 Å². The molecule has 5 nitrogen and oxygen atoms in total. The summed E-state index contributed by atoms with van der Waals surface area (Å²) < 4.78 is 26.9. The summed E-state index contributed by atoms with van der Waals surface area (Å²) in [5, 5.41) is 9.10. The largest absolute Gasteiger partial charge is 0.478 e. The van der Waals surface area contributed by atoms with E-state index in [1.165, 1.54) is 16.4 Å². The van der Waals surface area contributed by atoms with E-state index >= 15 is 0 Å². The summed E-state index contributed by atoms with van der Waals surface area (Å²) in [6, 6.07) is 3.74. The van der Waals surface area contributed by atoms with Gasteiger partial charge in [0.2, 0.25) is 10.0 Å². The molecule has 1 aromatic carbocycles. The fourth-order valence-electron chi connectivity index (χ4n) is 2.57. The standard InChI is InChI=1S/C14H18ClNO4S/c1-10-5-3-2-4-8-16(10)21(19,20)11-6-7-13(15)12(9-11)14(17)18/h6-7,9-10H,2-5,8H2,1H3,(H,17,18). The Labute approximate surface area is 129 Å². The van der Waals surface area contributed by atoms with Crippen molar-refractivity contribution in [3.63, 3.8) is 0 Å². The number of carboxylic acid groups (broad SMARTS) is 1. The van der Waals surface area contributed by atoms with Gasteiger partial charge in [-0.05, 0) is 38.0 Å². The Hall–Kier alpha value is -1.11. The molecule has 0 bridgehead atoms. The topological polar surface area (TPSA) is 74.7 Å². The van der Waals surface area contributed by atoms with Gasteiger partial charge in [-0.25, -0.2) is 13.2 Å². The molecule has 2 rings (SSSR count). The van der Waals surface area contributed by atoms with E-state index in [4.69, 9.17) is 16.7 Å². The first kappa shape index (κ1) is 16.3. The third-order valence-electron chi connectivity index (χ3n) is 3.77. The van der Waals surface area contributed by atoms with Crippen molar-refractivity contribution < 1.29 is 18.3 Å². The predicted molar refractivity (Wildman–Crippen MR) is 80.2 cm³/mol. The van der Waals surface area contributed by atoms with Crippen LogP contribution in [0.25, 0.3) is 0 Å². The number of aromatic carboxylic acids is 1. The lowest BCUT2D eigenvalue weighted by Gasteiger charge is -2.26. The Morgan fingerprint density at radius 3 is 2.71 bits per heavy atom. The van der Waals surface area contributed by atoms with Gasteiger partial charge in [0.05, 0.1) is 15.5 Å². The lowest BCUT2D eigenvalue weighted by Crippen LogP contribution is -2.38. The molecule has 7 heteroatoms. The minimum atomic E-state index is -3.70. The first-order valence-corrected chi connectivity index (χ1v) is 8.70. The van der Waals surface area contributed by atoms with Gasteiger partial charge in [0.25, 0.3) is 0 Å². The van der Waals surface area contributed by atoms with Crippen molar-refractivity contribution >= 4 is 27.6 Å². The summed E-state index contributed by atoms with van der Waals surface area (Å²) in [4.78, 5) is 11.1. The maximum atomic E-state index is 12.7. The smallest absolute Gasteiger partial charge is 0.337 e. The summed E-state index contributed by atoms with van der Waals surface area (Å²) >= 11 is 5.79. The first-order chi connectivity index (χ1) is 9.84. The quantitative estimate of drug-likeness (QED) is 0.923.